The van der Waals surface area contributed by atoms with Crippen molar-refractivity contribution in [3.8, 4) is 5.75 Å². The molecule has 0 aliphatic heterocycles. The third-order valence-corrected chi connectivity index (χ3v) is 2.62. The van der Waals surface area contributed by atoms with Crippen LogP contribution < -0.4 is 10.1 Å². The van der Waals surface area contributed by atoms with Gasteiger partial charge in [-0.1, -0.05) is 11.2 Å². The largest absolute Gasteiger partial charge is 0.573 e. The number of carbonyl (C=O) groups excluding carboxylic acids is 1. The van der Waals surface area contributed by atoms with E-state index in [2.05, 4.69) is 15.2 Å². The van der Waals surface area contributed by atoms with Gasteiger partial charge in [-0.3, -0.25) is 4.79 Å². The second-order valence-corrected chi connectivity index (χ2v) is 4.17. The second kappa shape index (κ2) is 5.86. The van der Waals surface area contributed by atoms with E-state index in [1.54, 1.807) is 6.92 Å². The maximum atomic E-state index is 12.1. The van der Waals surface area contributed by atoms with E-state index in [9.17, 15) is 18.0 Å². The molecule has 1 aromatic carbocycles. The second-order valence-electron chi connectivity index (χ2n) is 4.17. The van der Waals surface area contributed by atoms with Gasteiger partial charge in [-0.15, -0.1) is 13.2 Å². The molecule has 0 aliphatic rings. The van der Waals surface area contributed by atoms with Gasteiger partial charge in [0.05, 0.1) is 6.20 Å². The van der Waals surface area contributed by atoms with Crippen molar-refractivity contribution in [3.05, 3.63) is 47.3 Å². The van der Waals surface area contributed by atoms with Crippen LogP contribution in [0.4, 0.5) is 13.2 Å². The van der Waals surface area contributed by atoms with Crippen molar-refractivity contribution in [1.29, 1.82) is 0 Å². The number of hydrogen-bond acceptors (Lipinski definition) is 4. The van der Waals surface area contributed by atoms with Crippen LogP contribution in [0.1, 0.15) is 21.7 Å². The Morgan fingerprint density at radius 2 is 2.19 bits per heavy atom. The van der Waals surface area contributed by atoms with Crippen molar-refractivity contribution in [2.24, 2.45) is 0 Å². The molecule has 0 unspecified atom stereocenters. The van der Waals surface area contributed by atoms with Gasteiger partial charge in [0.25, 0.3) is 5.91 Å². The SMILES string of the molecule is Cc1oncc1CNC(=O)c1cccc(OC(F)(F)F)c1. The molecule has 1 heterocycles. The van der Waals surface area contributed by atoms with Gasteiger partial charge in [0.15, 0.2) is 0 Å². The highest BCUT2D eigenvalue weighted by atomic mass is 19.4. The molecule has 1 amide bonds. The molecule has 0 saturated heterocycles. The highest BCUT2D eigenvalue weighted by molar-refractivity contribution is 5.94. The van der Waals surface area contributed by atoms with Crippen LogP contribution in [0.15, 0.2) is 35.0 Å². The fourth-order valence-corrected chi connectivity index (χ4v) is 1.60. The average molecular weight is 300 g/mol. The van der Waals surface area contributed by atoms with E-state index in [-0.39, 0.29) is 12.1 Å². The van der Waals surface area contributed by atoms with Crippen molar-refractivity contribution in [3.63, 3.8) is 0 Å². The summed E-state index contributed by atoms with van der Waals surface area (Å²) in [5.74, 6) is -0.413. The van der Waals surface area contributed by atoms with Crippen molar-refractivity contribution in [2.45, 2.75) is 19.8 Å². The fourth-order valence-electron chi connectivity index (χ4n) is 1.60. The van der Waals surface area contributed by atoms with Gasteiger partial charge < -0.3 is 14.6 Å². The van der Waals surface area contributed by atoms with Gasteiger partial charge >= 0.3 is 6.36 Å². The number of rotatable bonds is 4. The van der Waals surface area contributed by atoms with Gasteiger partial charge in [0, 0.05) is 17.7 Å². The Bertz CT molecular complexity index is 638. The lowest BCUT2D eigenvalue weighted by Crippen LogP contribution is -2.23. The summed E-state index contributed by atoms with van der Waals surface area (Å²) < 4.78 is 44.9. The van der Waals surface area contributed by atoms with Crippen LogP contribution in [0.2, 0.25) is 0 Å². The Kier molecular flexibility index (Phi) is 4.15. The zero-order valence-corrected chi connectivity index (χ0v) is 10.9. The molecule has 21 heavy (non-hydrogen) atoms. The van der Waals surface area contributed by atoms with E-state index in [0.29, 0.717) is 11.3 Å². The summed E-state index contributed by atoms with van der Waals surface area (Å²) in [6, 6.07) is 4.83. The predicted octanol–water partition coefficient (Wildman–Crippen LogP) is 2.81. The molecule has 0 fully saturated rings. The van der Waals surface area contributed by atoms with Crippen LogP contribution in [-0.4, -0.2) is 17.4 Å². The number of nitrogens with one attached hydrogen (secondary N) is 1. The minimum Gasteiger partial charge on any atom is -0.406 e. The maximum absolute atomic E-state index is 12.1. The standard InChI is InChI=1S/C13H11F3N2O3/c1-8-10(7-18-21-8)6-17-12(19)9-3-2-4-11(5-9)20-13(14,15)16/h2-5,7H,6H2,1H3,(H,17,19). The number of hydrogen-bond donors (Lipinski definition) is 1. The lowest BCUT2D eigenvalue weighted by atomic mass is 10.2. The number of ether oxygens (including phenoxy) is 1. The third-order valence-electron chi connectivity index (χ3n) is 2.62. The van der Waals surface area contributed by atoms with E-state index >= 15 is 0 Å². The molecule has 0 saturated carbocycles. The quantitative estimate of drug-likeness (QED) is 0.943. The van der Waals surface area contributed by atoms with E-state index in [4.69, 9.17) is 4.52 Å². The summed E-state index contributed by atoms with van der Waals surface area (Å²) in [7, 11) is 0. The molecule has 1 aromatic heterocycles. The number of aryl methyl sites for hydroxylation is 1. The first kappa shape index (κ1) is 14.9. The van der Waals surface area contributed by atoms with Gasteiger partial charge in [-0.2, -0.15) is 0 Å². The number of carbonyl (C=O) groups is 1. The summed E-state index contributed by atoms with van der Waals surface area (Å²) >= 11 is 0. The lowest BCUT2D eigenvalue weighted by Gasteiger charge is -2.10. The van der Waals surface area contributed by atoms with Crippen molar-refractivity contribution in [2.75, 3.05) is 0 Å². The molecule has 0 radical (unpaired) electrons. The molecule has 0 aliphatic carbocycles. The number of alkyl halides is 3. The Labute approximate surface area is 117 Å². The summed E-state index contributed by atoms with van der Waals surface area (Å²) in [5.41, 5.74) is 0.747. The topological polar surface area (TPSA) is 64.4 Å². The van der Waals surface area contributed by atoms with Gasteiger partial charge in [0.2, 0.25) is 0 Å². The highest BCUT2D eigenvalue weighted by Gasteiger charge is 2.31. The number of amides is 1. The molecular formula is C13H11F3N2O3. The Balaban J connectivity index is 2.02. The third kappa shape index (κ3) is 4.23. The highest BCUT2D eigenvalue weighted by Crippen LogP contribution is 2.23. The van der Waals surface area contributed by atoms with Gasteiger partial charge in [-0.25, -0.2) is 0 Å². The fraction of sp³-hybridized carbons (Fsp3) is 0.231. The molecule has 0 spiro atoms. The first-order valence-electron chi connectivity index (χ1n) is 5.89. The monoisotopic (exact) mass is 300 g/mol. The average Bonchev–Trinajstić information content (AvgIpc) is 2.80. The molecule has 0 atom stereocenters. The number of benzene rings is 1. The van der Waals surface area contributed by atoms with Crippen LogP contribution in [-0.2, 0) is 6.54 Å². The number of halogens is 3. The molecule has 1 N–H and O–H groups in total. The Morgan fingerprint density at radius 1 is 1.43 bits per heavy atom. The summed E-state index contributed by atoms with van der Waals surface area (Å²) in [4.78, 5) is 11.9. The predicted molar refractivity (Wildman–Crippen MR) is 65.5 cm³/mol. The van der Waals surface area contributed by atoms with E-state index < -0.39 is 18.0 Å². The van der Waals surface area contributed by atoms with Gasteiger partial charge in [0.1, 0.15) is 11.5 Å². The van der Waals surface area contributed by atoms with Crippen LogP contribution in [0.5, 0.6) is 5.75 Å². The van der Waals surface area contributed by atoms with E-state index in [1.807, 2.05) is 0 Å². The first-order chi connectivity index (χ1) is 9.85. The van der Waals surface area contributed by atoms with Crippen molar-refractivity contribution in [1.82, 2.24) is 10.5 Å². The molecule has 112 valence electrons. The molecule has 8 heteroatoms. The van der Waals surface area contributed by atoms with Crippen molar-refractivity contribution >= 4 is 5.91 Å². The lowest BCUT2D eigenvalue weighted by molar-refractivity contribution is -0.274. The summed E-state index contributed by atoms with van der Waals surface area (Å²) in [6.45, 7) is 1.85. The Morgan fingerprint density at radius 3 is 2.81 bits per heavy atom. The normalized spacial score (nSPS) is 11.2. The van der Waals surface area contributed by atoms with E-state index in [1.165, 1.54) is 18.3 Å². The van der Waals surface area contributed by atoms with Crippen LogP contribution in [0, 0.1) is 6.92 Å². The minimum atomic E-state index is -4.80. The molecular weight excluding hydrogens is 289 g/mol. The van der Waals surface area contributed by atoms with Crippen LogP contribution in [0.3, 0.4) is 0 Å². The zero-order valence-electron chi connectivity index (χ0n) is 10.9. The maximum Gasteiger partial charge on any atom is 0.573 e. The van der Waals surface area contributed by atoms with Crippen LogP contribution >= 0.6 is 0 Å². The molecule has 2 aromatic rings. The molecule has 0 bridgehead atoms. The molecule has 5 nitrogen and oxygen atoms in total. The van der Waals surface area contributed by atoms with E-state index in [0.717, 1.165) is 12.1 Å². The summed E-state index contributed by atoms with van der Waals surface area (Å²) in [6.07, 6.45) is -3.34. The zero-order chi connectivity index (χ0) is 15.5. The Hall–Kier alpha value is -2.51. The first-order valence-corrected chi connectivity index (χ1v) is 5.89. The summed E-state index contributed by atoms with van der Waals surface area (Å²) in [5, 5.41) is 6.11. The number of aromatic nitrogens is 1. The smallest absolute Gasteiger partial charge is 0.406 e. The molecule has 2 rings (SSSR count). The number of nitrogens with zero attached hydrogens (tertiary/aromatic N) is 1. The van der Waals surface area contributed by atoms with Gasteiger partial charge in [-0.05, 0) is 25.1 Å². The minimum absolute atomic E-state index is 0.0610. The van der Waals surface area contributed by atoms with Crippen LogP contribution in [0.25, 0.3) is 0 Å². The van der Waals surface area contributed by atoms with Crippen molar-refractivity contribution < 1.29 is 27.2 Å².